The molecule has 4 N–H and O–H groups in total. The Hall–Kier alpha value is -5.45. The number of benzene rings is 2. The fourth-order valence-corrected chi connectivity index (χ4v) is 5.86. The minimum absolute atomic E-state index is 0.0638. The summed E-state index contributed by atoms with van der Waals surface area (Å²) in [5.74, 6) is -7.28. The van der Waals surface area contributed by atoms with Gasteiger partial charge in [-0.25, -0.2) is 36.7 Å². The first-order valence-corrected chi connectivity index (χ1v) is 16.3. The number of rotatable bonds is 10. The molecule has 4 rings (SSSR count). The zero-order valence-electron chi connectivity index (χ0n) is 27.1. The number of aliphatic carboxylic acids is 1. The molecule has 0 bridgehead atoms. The van der Waals surface area contributed by atoms with Crippen molar-refractivity contribution in [3.63, 3.8) is 0 Å². The molecule has 1 unspecified atom stereocenters. The van der Waals surface area contributed by atoms with Gasteiger partial charge in [-0.1, -0.05) is 19.1 Å². The van der Waals surface area contributed by atoms with E-state index in [2.05, 4.69) is 15.6 Å². The van der Waals surface area contributed by atoms with Crippen molar-refractivity contribution in [3.05, 3.63) is 83.2 Å². The zero-order chi connectivity index (χ0) is 36.4. The first-order chi connectivity index (χ1) is 22.8. The molecule has 5 amide bonds. The van der Waals surface area contributed by atoms with Gasteiger partial charge in [0, 0.05) is 31.7 Å². The molecule has 0 aliphatic carbocycles. The molecule has 2 heterocycles. The summed E-state index contributed by atoms with van der Waals surface area (Å²) < 4.78 is 57.7. The first-order valence-electron chi connectivity index (χ1n) is 14.8. The lowest BCUT2D eigenvalue weighted by molar-refractivity contribution is -0.139. The van der Waals surface area contributed by atoms with E-state index in [1.165, 1.54) is 29.2 Å². The second-order valence-electron chi connectivity index (χ2n) is 12.5. The standard InChI is InChI=1S/C32H34F2N6O8S/c1-17-16-39(5)31(46)40(29(17)43)20-8-6-18(7-9-20)12-25(30(44)45)36-28(42)26-22(33)13-19(14-23(26)34)38-49(47,48)21-10-11-24(35-15-21)27(41)37-32(2,3)4/h6-11,13-15,17,25,38H,12,16H2,1-5H3,(H,36,42)(H,37,41)(H,44,45)/t17?,25-/m0/s1. The van der Waals surface area contributed by atoms with Crippen molar-refractivity contribution in [3.8, 4) is 0 Å². The number of anilines is 2. The molecular formula is C32H34F2N6O8S. The van der Waals surface area contributed by atoms with Crippen LogP contribution in [-0.2, 0) is 26.0 Å². The maximum absolute atomic E-state index is 15.0. The number of pyridine rings is 1. The van der Waals surface area contributed by atoms with Crippen LogP contribution in [-0.4, -0.2) is 78.3 Å². The van der Waals surface area contributed by atoms with Gasteiger partial charge in [0.05, 0.1) is 17.3 Å². The van der Waals surface area contributed by atoms with Crippen molar-refractivity contribution in [2.75, 3.05) is 23.2 Å². The van der Waals surface area contributed by atoms with Gasteiger partial charge in [-0.2, -0.15) is 0 Å². The van der Waals surface area contributed by atoms with Crippen LogP contribution in [0.1, 0.15) is 54.1 Å². The highest BCUT2D eigenvalue weighted by Crippen LogP contribution is 2.25. The van der Waals surface area contributed by atoms with E-state index < -0.39 is 85.0 Å². The summed E-state index contributed by atoms with van der Waals surface area (Å²) in [4.78, 5) is 68.1. The van der Waals surface area contributed by atoms with Crippen LogP contribution in [0.15, 0.2) is 59.6 Å². The van der Waals surface area contributed by atoms with E-state index in [9.17, 15) is 37.5 Å². The minimum Gasteiger partial charge on any atom is -0.480 e. The van der Waals surface area contributed by atoms with E-state index in [-0.39, 0.29) is 24.3 Å². The smallest absolute Gasteiger partial charge is 0.331 e. The van der Waals surface area contributed by atoms with Crippen molar-refractivity contribution < 1.29 is 46.3 Å². The van der Waals surface area contributed by atoms with Gasteiger partial charge in [-0.05, 0) is 62.7 Å². The Morgan fingerprint density at radius 1 is 1.02 bits per heavy atom. The summed E-state index contributed by atoms with van der Waals surface area (Å²) in [7, 11) is -2.89. The molecule has 1 saturated heterocycles. The van der Waals surface area contributed by atoms with E-state index in [4.69, 9.17) is 0 Å². The Bertz CT molecular complexity index is 1870. The summed E-state index contributed by atoms with van der Waals surface area (Å²) in [5.41, 5.74) is -1.75. The number of carboxylic acids is 1. The third kappa shape index (κ3) is 8.53. The number of nitrogens with zero attached hydrogens (tertiary/aromatic N) is 3. The van der Waals surface area contributed by atoms with Crippen LogP contribution in [0.25, 0.3) is 0 Å². The van der Waals surface area contributed by atoms with E-state index in [1.54, 1.807) is 34.7 Å². The van der Waals surface area contributed by atoms with Gasteiger partial charge in [-0.15, -0.1) is 0 Å². The van der Waals surface area contributed by atoms with E-state index >= 15 is 8.78 Å². The average Bonchev–Trinajstić information content (AvgIpc) is 2.99. The van der Waals surface area contributed by atoms with Crippen LogP contribution in [0.4, 0.5) is 25.0 Å². The Morgan fingerprint density at radius 3 is 2.16 bits per heavy atom. The van der Waals surface area contributed by atoms with E-state index in [1.807, 2.05) is 4.72 Å². The minimum atomic E-state index is -4.44. The predicted molar refractivity (Wildman–Crippen MR) is 172 cm³/mol. The normalized spacial score (nSPS) is 15.9. The molecular weight excluding hydrogens is 666 g/mol. The SMILES string of the molecule is CC1CN(C)C(=O)N(c2ccc(C[C@H](NC(=O)c3c(F)cc(NS(=O)(=O)c4ccc(C(=O)NC(C)(C)C)nc4)cc3F)C(=O)O)cc2)C1=O. The number of sulfonamides is 1. The quantitative estimate of drug-likeness (QED) is 0.246. The number of hydrogen-bond donors (Lipinski definition) is 4. The van der Waals surface area contributed by atoms with Crippen LogP contribution >= 0.6 is 0 Å². The Balaban J connectivity index is 1.46. The number of carboxylic acid groups (broad SMARTS) is 1. The molecule has 2 aromatic carbocycles. The van der Waals surface area contributed by atoms with Crippen molar-refractivity contribution in [2.45, 2.75) is 50.6 Å². The summed E-state index contributed by atoms with van der Waals surface area (Å²) in [6.07, 6.45) is 0.561. The molecule has 260 valence electrons. The van der Waals surface area contributed by atoms with Crippen molar-refractivity contribution in [1.29, 1.82) is 0 Å². The fraction of sp³-hybridized carbons (Fsp3) is 0.312. The molecule has 1 aliphatic rings. The van der Waals surface area contributed by atoms with Crippen molar-refractivity contribution in [2.24, 2.45) is 5.92 Å². The van der Waals surface area contributed by atoms with Crippen molar-refractivity contribution in [1.82, 2.24) is 20.5 Å². The lowest BCUT2D eigenvalue weighted by atomic mass is 10.0. The molecule has 17 heteroatoms. The monoisotopic (exact) mass is 700 g/mol. The second-order valence-corrected chi connectivity index (χ2v) is 14.2. The number of urea groups is 1. The number of aromatic nitrogens is 1. The zero-order valence-corrected chi connectivity index (χ0v) is 27.9. The van der Waals surface area contributed by atoms with E-state index in [0.717, 1.165) is 23.2 Å². The Morgan fingerprint density at radius 2 is 1.63 bits per heavy atom. The van der Waals surface area contributed by atoms with Crippen LogP contribution < -0.4 is 20.3 Å². The third-order valence-corrected chi connectivity index (χ3v) is 8.60. The highest BCUT2D eigenvalue weighted by atomic mass is 32.2. The van der Waals surface area contributed by atoms with Crippen molar-refractivity contribution >= 4 is 51.1 Å². The topological polar surface area (TPSA) is 195 Å². The maximum Gasteiger partial charge on any atom is 0.331 e. The number of imide groups is 1. The van der Waals surface area contributed by atoms with Gasteiger partial charge in [-0.3, -0.25) is 19.1 Å². The van der Waals surface area contributed by atoms with Crippen LogP contribution in [0.3, 0.4) is 0 Å². The van der Waals surface area contributed by atoms with Crippen LogP contribution in [0.5, 0.6) is 0 Å². The second kappa shape index (κ2) is 14.0. The Labute approximate surface area is 280 Å². The van der Waals surface area contributed by atoms with E-state index in [0.29, 0.717) is 17.7 Å². The number of carbonyl (C=O) groups is 5. The van der Waals surface area contributed by atoms with Gasteiger partial charge < -0.3 is 20.6 Å². The summed E-state index contributed by atoms with van der Waals surface area (Å²) in [6, 6.07) is 6.92. The molecule has 0 spiro atoms. The fourth-order valence-electron chi connectivity index (χ4n) is 4.88. The molecule has 1 aliphatic heterocycles. The molecule has 49 heavy (non-hydrogen) atoms. The molecule has 14 nitrogen and oxygen atoms in total. The average molecular weight is 701 g/mol. The molecule has 0 saturated carbocycles. The first kappa shape index (κ1) is 36.4. The molecule has 3 aromatic rings. The number of halogens is 2. The summed E-state index contributed by atoms with van der Waals surface area (Å²) >= 11 is 0. The number of amides is 5. The molecule has 0 radical (unpaired) electrons. The van der Waals surface area contributed by atoms with Gasteiger partial charge >= 0.3 is 12.0 Å². The summed E-state index contributed by atoms with van der Waals surface area (Å²) in [6.45, 7) is 7.19. The molecule has 1 aromatic heterocycles. The lowest BCUT2D eigenvalue weighted by Crippen LogP contribution is -2.54. The van der Waals surface area contributed by atoms with Gasteiger partial charge in [0.25, 0.3) is 21.8 Å². The maximum atomic E-state index is 15.0. The largest absolute Gasteiger partial charge is 0.480 e. The predicted octanol–water partition coefficient (Wildman–Crippen LogP) is 3.15. The summed E-state index contributed by atoms with van der Waals surface area (Å²) in [5, 5.41) is 14.5. The van der Waals surface area contributed by atoms with Gasteiger partial charge in [0.15, 0.2) is 0 Å². The van der Waals surface area contributed by atoms with Crippen LogP contribution in [0.2, 0.25) is 0 Å². The van der Waals surface area contributed by atoms with Gasteiger partial charge in [0.2, 0.25) is 5.91 Å². The Kier molecular flexibility index (Phi) is 10.4. The third-order valence-electron chi connectivity index (χ3n) is 7.23. The highest BCUT2D eigenvalue weighted by Gasteiger charge is 2.36. The van der Waals surface area contributed by atoms with Crippen LogP contribution in [0, 0.1) is 17.6 Å². The molecule has 2 atom stereocenters. The van der Waals surface area contributed by atoms with Gasteiger partial charge in [0.1, 0.15) is 33.8 Å². The number of carbonyl (C=O) groups excluding carboxylic acids is 4. The molecule has 1 fully saturated rings. The number of nitrogens with one attached hydrogen (secondary N) is 3. The highest BCUT2D eigenvalue weighted by molar-refractivity contribution is 7.92. The lowest BCUT2D eigenvalue weighted by Gasteiger charge is -2.35. The number of hydrogen-bond acceptors (Lipinski definition) is 8.